The maximum absolute atomic E-state index is 12.8. The molecule has 1 aromatic carbocycles. The molecule has 0 spiro atoms. The first-order chi connectivity index (χ1) is 8.63. The number of hydrazine groups is 1. The van der Waals surface area contributed by atoms with E-state index in [2.05, 4.69) is 0 Å². The number of amides is 1. The second-order valence-corrected chi connectivity index (χ2v) is 3.55. The predicted molar refractivity (Wildman–Crippen MR) is 62.4 cm³/mol. The smallest absolute Gasteiger partial charge is 0.287 e. The molecule has 0 fully saturated rings. The standard InChI is InChI=1S/C12H10FN3O2/c13-9-5-3-8(4-6-9)11(17)10-2-1-7-16(10)12(18)15-14/h1-7H,14H2,(H,15,18). The molecule has 0 saturated heterocycles. The molecule has 92 valence electrons. The second kappa shape index (κ2) is 4.80. The molecule has 1 amide bonds. The van der Waals surface area contributed by atoms with Gasteiger partial charge in [0, 0.05) is 11.8 Å². The number of ketones is 1. The third kappa shape index (κ3) is 2.14. The van der Waals surface area contributed by atoms with Crippen LogP contribution in [0.5, 0.6) is 0 Å². The lowest BCUT2D eigenvalue weighted by molar-refractivity contribution is 0.103. The number of hydrogen-bond acceptors (Lipinski definition) is 3. The third-order valence-corrected chi connectivity index (χ3v) is 2.43. The van der Waals surface area contributed by atoms with E-state index in [0.717, 1.165) is 4.57 Å². The van der Waals surface area contributed by atoms with Gasteiger partial charge in [-0.25, -0.2) is 15.0 Å². The van der Waals surface area contributed by atoms with Gasteiger partial charge in [-0.15, -0.1) is 0 Å². The molecule has 0 bridgehead atoms. The van der Waals surface area contributed by atoms with Crippen LogP contribution in [0.3, 0.4) is 0 Å². The Labute approximate surface area is 102 Å². The van der Waals surface area contributed by atoms with Crippen LogP contribution in [0.2, 0.25) is 0 Å². The lowest BCUT2D eigenvalue weighted by Gasteiger charge is -2.06. The fraction of sp³-hybridized carbons (Fsp3) is 0. The minimum atomic E-state index is -0.620. The molecule has 0 saturated carbocycles. The lowest BCUT2D eigenvalue weighted by Crippen LogP contribution is -2.35. The molecular formula is C12H10FN3O2. The lowest BCUT2D eigenvalue weighted by atomic mass is 10.1. The van der Waals surface area contributed by atoms with Crippen LogP contribution in [0.25, 0.3) is 0 Å². The second-order valence-electron chi connectivity index (χ2n) is 3.55. The number of aromatic nitrogens is 1. The SMILES string of the molecule is NNC(=O)n1cccc1C(=O)c1ccc(F)cc1. The van der Waals surface area contributed by atoms with Gasteiger partial charge >= 0.3 is 6.03 Å². The minimum Gasteiger partial charge on any atom is -0.287 e. The molecule has 18 heavy (non-hydrogen) atoms. The summed E-state index contributed by atoms with van der Waals surface area (Å²) in [6, 6.07) is 7.50. The first-order valence-corrected chi connectivity index (χ1v) is 5.12. The predicted octanol–water partition coefficient (Wildman–Crippen LogP) is 1.29. The number of hydrogen-bond donors (Lipinski definition) is 2. The molecule has 5 nitrogen and oxygen atoms in total. The molecule has 2 rings (SSSR count). The Balaban J connectivity index is 2.37. The van der Waals surface area contributed by atoms with Crippen molar-refractivity contribution < 1.29 is 14.0 Å². The molecular weight excluding hydrogens is 237 g/mol. The highest BCUT2D eigenvalue weighted by molar-refractivity contribution is 6.09. The van der Waals surface area contributed by atoms with Crippen molar-refractivity contribution in [2.24, 2.45) is 5.84 Å². The summed E-state index contributed by atoms with van der Waals surface area (Å²) in [6.45, 7) is 0. The van der Waals surface area contributed by atoms with E-state index in [1.807, 2.05) is 5.43 Å². The quantitative estimate of drug-likeness (QED) is 0.363. The summed E-state index contributed by atoms with van der Waals surface area (Å²) < 4.78 is 13.8. The summed E-state index contributed by atoms with van der Waals surface area (Å²) in [6.07, 6.45) is 1.42. The van der Waals surface area contributed by atoms with Crippen molar-refractivity contribution in [3.05, 3.63) is 59.7 Å². The van der Waals surface area contributed by atoms with Crippen LogP contribution in [0.4, 0.5) is 9.18 Å². The molecule has 0 atom stereocenters. The van der Waals surface area contributed by atoms with Crippen molar-refractivity contribution in [1.82, 2.24) is 9.99 Å². The van der Waals surface area contributed by atoms with Crippen LogP contribution < -0.4 is 11.3 Å². The zero-order chi connectivity index (χ0) is 13.1. The molecule has 6 heteroatoms. The van der Waals surface area contributed by atoms with E-state index in [0.29, 0.717) is 5.56 Å². The van der Waals surface area contributed by atoms with E-state index in [1.54, 1.807) is 6.07 Å². The number of benzene rings is 1. The van der Waals surface area contributed by atoms with Crippen molar-refractivity contribution in [3.8, 4) is 0 Å². The van der Waals surface area contributed by atoms with Crippen molar-refractivity contribution >= 4 is 11.8 Å². The van der Waals surface area contributed by atoms with Gasteiger partial charge in [-0.05, 0) is 36.4 Å². The highest BCUT2D eigenvalue weighted by Crippen LogP contribution is 2.11. The van der Waals surface area contributed by atoms with Gasteiger partial charge in [-0.2, -0.15) is 0 Å². The number of carbonyl (C=O) groups is 2. The summed E-state index contributed by atoms with van der Waals surface area (Å²) in [5.41, 5.74) is 2.38. The van der Waals surface area contributed by atoms with Gasteiger partial charge in [0.1, 0.15) is 5.82 Å². The van der Waals surface area contributed by atoms with Crippen molar-refractivity contribution in [1.29, 1.82) is 0 Å². The van der Waals surface area contributed by atoms with Gasteiger partial charge in [0.25, 0.3) is 0 Å². The highest BCUT2D eigenvalue weighted by Gasteiger charge is 2.16. The van der Waals surface area contributed by atoms with Gasteiger partial charge in [-0.1, -0.05) is 0 Å². The zero-order valence-electron chi connectivity index (χ0n) is 9.26. The zero-order valence-corrected chi connectivity index (χ0v) is 9.26. The van der Waals surface area contributed by atoms with E-state index in [1.165, 1.54) is 36.5 Å². The maximum Gasteiger partial charge on any atom is 0.340 e. The van der Waals surface area contributed by atoms with Gasteiger partial charge in [0.05, 0.1) is 5.69 Å². The fourth-order valence-electron chi connectivity index (χ4n) is 1.56. The Bertz CT molecular complexity index is 590. The molecule has 0 radical (unpaired) electrons. The largest absolute Gasteiger partial charge is 0.340 e. The number of rotatable bonds is 2. The van der Waals surface area contributed by atoms with Crippen LogP contribution in [0.1, 0.15) is 16.1 Å². The molecule has 0 aliphatic heterocycles. The molecule has 3 N–H and O–H groups in total. The van der Waals surface area contributed by atoms with Gasteiger partial charge in [0.15, 0.2) is 0 Å². The number of nitrogens with one attached hydrogen (secondary N) is 1. The van der Waals surface area contributed by atoms with Gasteiger partial charge < -0.3 is 0 Å². The molecule has 0 unspecified atom stereocenters. The number of nitrogens with zero attached hydrogens (tertiary/aromatic N) is 1. The average molecular weight is 247 g/mol. The van der Waals surface area contributed by atoms with Crippen LogP contribution in [0.15, 0.2) is 42.6 Å². The van der Waals surface area contributed by atoms with Gasteiger partial charge in [-0.3, -0.25) is 14.8 Å². The molecule has 0 aliphatic rings. The van der Waals surface area contributed by atoms with E-state index in [-0.39, 0.29) is 11.5 Å². The number of halogens is 1. The molecule has 1 heterocycles. The summed E-state index contributed by atoms with van der Waals surface area (Å²) in [5, 5.41) is 0. The van der Waals surface area contributed by atoms with E-state index < -0.39 is 11.8 Å². The van der Waals surface area contributed by atoms with E-state index in [4.69, 9.17) is 5.84 Å². The Morgan fingerprint density at radius 2 is 1.83 bits per heavy atom. The monoisotopic (exact) mass is 247 g/mol. The summed E-state index contributed by atoms with van der Waals surface area (Å²) in [4.78, 5) is 23.5. The number of nitrogen functional groups attached to an aromatic ring is 1. The number of nitrogens with two attached hydrogens (primary N) is 1. The maximum atomic E-state index is 12.8. The van der Waals surface area contributed by atoms with Crippen LogP contribution >= 0.6 is 0 Å². The van der Waals surface area contributed by atoms with E-state index >= 15 is 0 Å². The first kappa shape index (κ1) is 12.0. The molecule has 1 aromatic heterocycles. The Morgan fingerprint density at radius 1 is 1.17 bits per heavy atom. The van der Waals surface area contributed by atoms with Crippen molar-refractivity contribution in [2.45, 2.75) is 0 Å². The number of carbonyl (C=O) groups excluding carboxylic acids is 2. The van der Waals surface area contributed by atoms with Crippen LogP contribution in [0, 0.1) is 5.82 Å². The Kier molecular flexibility index (Phi) is 3.20. The fourth-order valence-corrected chi connectivity index (χ4v) is 1.56. The summed E-state index contributed by atoms with van der Waals surface area (Å²) in [7, 11) is 0. The normalized spacial score (nSPS) is 10.1. The highest BCUT2D eigenvalue weighted by atomic mass is 19.1. The third-order valence-electron chi connectivity index (χ3n) is 2.43. The van der Waals surface area contributed by atoms with Gasteiger partial charge in [0.2, 0.25) is 5.78 Å². The van der Waals surface area contributed by atoms with E-state index in [9.17, 15) is 14.0 Å². The average Bonchev–Trinajstić information content (AvgIpc) is 2.87. The van der Waals surface area contributed by atoms with Crippen LogP contribution in [-0.4, -0.2) is 16.4 Å². The summed E-state index contributed by atoms with van der Waals surface area (Å²) in [5.74, 6) is 4.19. The van der Waals surface area contributed by atoms with Crippen molar-refractivity contribution in [3.63, 3.8) is 0 Å². The van der Waals surface area contributed by atoms with Crippen LogP contribution in [-0.2, 0) is 0 Å². The molecule has 2 aromatic rings. The Morgan fingerprint density at radius 3 is 2.44 bits per heavy atom. The molecule has 0 aliphatic carbocycles. The first-order valence-electron chi connectivity index (χ1n) is 5.12. The Hall–Kier alpha value is -2.47. The van der Waals surface area contributed by atoms with Crippen molar-refractivity contribution in [2.75, 3.05) is 0 Å². The topological polar surface area (TPSA) is 77.1 Å². The minimum absolute atomic E-state index is 0.157. The summed E-state index contributed by atoms with van der Waals surface area (Å²) >= 11 is 0.